The summed E-state index contributed by atoms with van der Waals surface area (Å²) in [7, 11) is -3.94. The number of nitrogens with one attached hydrogen (secondary N) is 2. The first-order valence-electron chi connectivity index (χ1n) is 13.7. The van der Waals surface area contributed by atoms with Crippen molar-refractivity contribution in [3.8, 4) is 5.75 Å². The van der Waals surface area contributed by atoms with Gasteiger partial charge in [-0.15, -0.1) is 0 Å². The molecule has 10 nitrogen and oxygen atoms in total. The third kappa shape index (κ3) is 9.46. The van der Waals surface area contributed by atoms with E-state index < -0.39 is 40.2 Å². The van der Waals surface area contributed by atoms with E-state index in [1.165, 1.54) is 53.4 Å². The number of halogens is 2. The lowest BCUT2D eigenvalue weighted by Gasteiger charge is -2.30. The van der Waals surface area contributed by atoms with E-state index in [2.05, 4.69) is 14.9 Å². The SMILES string of the molecule is C[C@@H](C(=O)NCCN1CCOCC1)N(Cc1ccc(F)cc1)C(=O)COc1ccc(S(=O)(=O)Nc2ccc(F)cc2)cc1. The normalized spacial score (nSPS) is 14.5. The molecule has 0 unspecified atom stereocenters. The van der Waals surface area contributed by atoms with Crippen LogP contribution < -0.4 is 14.8 Å². The number of nitrogens with zero attached hydrogens (tertiary/aromatic N) is 2. The van der Waals surface area contributed by atoms with Gasteiger partial charge in [-0.25, -0.2) is 17.2 Å². The molecule has 43 heavy (non-hydrogen) atoms. The zero-order valence-electron chi connectivity index (χ0n) is 23.7. The molecule has 1 heterocycles. The highest BCUT2D eigenvalue weighted by Gasteiger charge is 2.27. The minimum absolute atomic E-state index is 0.0484. The largest absolute Gasteiger partial charge is 0.484 e. The predicted octanol–water partition coefficient (Wildman–Crippen LogP) is 3.01. The smallest absolute Gasteiger partial charge is 0.261 e. The highest BCUT2D eigenvalue weighted by Crippen LogP contribution is 2.20. The van der Waals surface area contributed by atoms with E-state index in [1.807, 2.05) is 0 Å². The van der Waals surface area contributed by atoms with Crippen LogP contribution in [0, 0.1) is 11.6 Å². The molecule has 3 aromatic rings. The standard InChI is InChI=1S/C30H34F2N4O6S/c1-22(30(38)33-14-15-35-16-18-41-19-17-35)36(20-23-2-4-24(31)5-3-23)29(37)21-42-27-10-12-28(13-11-27)43(39,40)34-26-8-6-25(32)7-9-26/h2-13,22,34H,14-21H2,1H3,(H,33,38)/t22-/m0/s1. The van der Waals surface area contributed by atoms with E-state index in [0.717, 1.165) is 25.2 Å². The number of carbonyl (C=O) groups excluding carboxylic acids is 2. The molecule has 1 aliphatic rings. The molecule has 230 valence electrons. The molecule has 1 atom stereocenters. The van der Waals surface area contributed by atoms with Gasteiger partial charge in [0.05, 0.1) is 18.1 Å². The van der Waals surface area contributed by atoms with Crippen molar-refractivity contribution in [3.63, 3.8) is 0 Å². The van der Waals surface area contributed by atoms with Gasteiger partial charge < -0.3 is 19.7 Å². The molecule has 1 fully saturated rings. The molecule has 0 saturated carbocycles. The van der Waals surface area contributed by atoms with E-state index in [4.69, 9.17) is 9.47 Å². The fourth-order valence-electron chi connectivity index (χ4n) is 4.35. The minimum atomic E-state index is -3.94. The van der Waals surface area contributed by atoms with Crippen molar-refractivity contribution in [2.24, 2.45) is 0 Å². The Morgan fingerprint density at radius 1 is 0.953 bits per heavy atom. The third-order valence-corrected chi connectivity index (χ3v) is 8.25. The van der Waals surface area contributed by atoms with Crippen LogP contribution in [0.5, 0.6) is 5.75 Å². The average molecular weight is 617 g/mol. The van der Waals surface area contributed by atoms with Crippen molar-refractivity contribution in [3.05, 3.63) is 90.0 Å². The van der Waals surface area contributed by atoms with Crippen LogP contribution in [0.3, 0.4) is 0 Å². The lowest BCUT2D eigenvalue weighted by atomic mass is 10.1. The number of amides is 2. The van der Waals surface area contributed by atoms with Crippen LogP contribution in [-0.2, 0) is 30.9 Å². The monoisotopic (exact) mass is 616 g/mol. The number of hydrogen-bond acceptors (Lipinski definition) is 7. The number of rotatable bonds is 13. The second-order valence-corrected chi connectivity index (χ2v) is 11.6. The first kappa shape index (κ1) is 31.9. The van der Waals surface area contributed by atoms with Crippen molar-refractivity contribution in [2.45, 2.75) is 24.4 Å². The Morgan fingerprint density at radius 2 is 1.56 bits per heavy atom. The van der Waals surface area contributed by atoms with Crippen LogP contribution in [0.25, 0.3) is 0 Å². The zero-order chi connectivity index (χ0) is 30.8. The molecule has 2 N–H and O–H groups in total. The summed E-state index contributed by atoms with van der Waals surface area (Å²) in [5.41, 5.74) is 0.832. The van der Waals surface area contributed by atoms with E-state index >= 15 is 0 Å². The summed E-state index contributed by atoms with van der Waals surface area (Å²) in [4.78, 5) is 29.8. The summed E-state index contributed by atoms with van der Waals surface area (Å²) in [6.45, 7) is 5.17. The maximum atomic E-state index is 13.5. The maximum Gasteiger partial charge on any atom is 0.261 e. The van der Waals surface area contributed by atoms with Gasteiger partial charge in [-0.3, -0.25) is 19.2 Å². The number of morpholine rings is 1. The fraction of sp³-hybridized carbons (Fsp3) is 0.333. The Hall–Kier alpha value is -4.07. The number of anilines is 1. The summed E-state index contributed by atoms with van der Waals surface area (Å²) in [6, 6.07) is 15.1. The van der Waals surface area contributed by atoms with Crippen LogP contribution in [0.4, 0.5) is 14.5 Å². The van der Waals surface area contributed by atoms with E-state index in [-0.39, 0.29) is 28.8 Å². The third-order valence-electron chi connectivity index (χ3n) is 6.86. The van der Waals surface area contributed by atoms with Gasteiger partial charge in [0.2, 0.25) is 5.91 Å². The first-order chi connectivity index (χ1) is 20.6. The van der Waals surface area contributed by atoms with Gasteiger partial charge in [-0.05, 0) is 73.2 Å². The van der Waals surface area contributed by atoms with Crippen molar-refractivity contribution in [2.75, 3.05) is 50.7 Å². The van der Waals surface area contributed by atoms with Crippen LogP contribution in [-0.4, -0.2) is 82.1 Å². The Bertz CT molecular complexity index is 1470. The van der Waals surface area contributed by atoms with Crippen molar-refractivity contribution in [1.82, 2.24) is 15.1 Å². The molecule has 0 aromatic heterocycles. The number of carbonyl (C=O) groups is 2. The molecule has 4 rings (SSSR count). The molecular weight excluding hydrogens is 582 g/mol. The quantitative estimate of drug-likeness (QED) is 0.303. The van der Waals surface area contributed by atoms with Gasteiger partial charge in [-0.1, -0.05) is 12.1 Å². The van der Waals surface area contributed by atoms with Gasteiger partial charge >= 0.3 is 0 Å². The predicted molar refractivity (Wildman–Crippen MR) is 156 cm³/mol. The Labute approximate surface area is 249 Å². The second-order valence-electron chi connectivity index (χ2n) is 9.94. The number of sulfonamides is 1. The maximum absolute atomic E-state index is 13.5. The molecule has 3 aromatic carbocycles. The minimum Gasteiger partial charge on any atom is -0.484 e. The summed E-state index contributed by atoms with van der Waals surface area (Å²) >= 11 is 0. The van der Waals surface area contributed by atoms with E-state index in [9.17, 15) is 26.8 Å². The van der Waals surface area contributed by atoms with Crippen LogP contribution in [0.2, 0.25) is 0 Å². The van der Waals surface area contributed by atoms with E-state index in [1.54, 1.807) is 19.1 Å². The molecule has 0 bridgehead atoms. The first-order valence-corrected chi connectivity index (χ1v) is 15.2. The Balaban J connectivity index is 1.37. The number of benzene rings is 3. The number of ether oxygens (including phenoxy) is 2. The van der Waals surface area contributed by atoms with Crippen LogP contribution in [0.1, 0.15) is 12.5 Å². The lowest BCUT2D eigenvalue weighted by Crippen LogP contribution is -2.50. The molecule has 2 amide bonds. The lowest BCUT2D eigenvalue weighted by molar-refractivity contribution is -0.142. The van der Waals surface area contributed by atoms with Gasteiger partial charge in [0.15, 0.2) is 6.61 Å². The summed E-state index contributed by atoms with van der Waals surface area (Å²) in [5, 5.41) is 2.88. The molecule has 1 aliphatic heterocycles. The average Bonchev–Trinajstić information content (AvgIpc) is 3.01. The molecule has 0 spiro atoms. The van der Waals surface area contributed by atoms with Crippen molar-refractivity contribution in [1.29, 1.82) is 0 Å². The highest BCUT2D eigenvalue weighted by molar-refractivity contribution is 7.92. The summed E-state index contributed by atoms with van der Waals surface area (Å²) < 4.78 is 65.3. The van der Waals surface area contributed by atoms with Gasteiger partial charge in [-0.2, -0.15) is 0 Å². The van der Waals surface area contributed by atoms with Crippen LogP contribution in [0.15, 0.2) is 77.7 Å². The van der Waals surface area contributed by atoms with Gasteiger partial charge in [0.1, 0.15) is 23.4 Å². The molecular formula is C30H34F2N4O6S. The summed E-state index contributed by atoms with van der Waals surface area (Å²) in [6.07, 6.45) is 0. The topological polar surface area (TPSA) is 117 Å². The molecule has 0 radical (unpaired) electrons. The van der Waals surface area contributed by atoms with Gasteiger partial charge in [0.25, 0.3) is 15.9 Å². The van der Waals surface area contributed by atoms with Crippen molar-refractivity contribution < 1.29 is 36.3 Å². The van der Waals surface area contributed by atoms with E-state index in [0.29, 0.717) is 31.9 Å². The molecule has 0 aliphatic carbocycles. The Morgan fingerprint density at radius 3 is 2.19 bits per heavy atom. The second kappa shape index (κ2) is 14.9. The fourth-order valence-corrected chi connectivity index (χ4v) is 5.41. The number of hydrogen-bond donors (Lipinski definition) is 2. The van der Waals surface area contributed by atoms with Crippen LogP contribution >= 0.6 is 0 Å². The zero-order valence-corrected chi connectivity index (χ0v) is 24.5. The highest BCUT2D eigenvalue weighted by atomic mass is 32.2. The summed E-state index contributed by atoms with van der Waals surface area (Å²) in [5.74, 6) is -1.51. The molecule has 1 saturated heterocycles. The molecule has 13 heteroatoms. The van der Waals surface area contributed by atoms with Gasteiger partial charge in [0, 0.05) is 38.4 Å². The van der Waals surface area contributed by atoms with Crippen molar-refractivity contribution >= 4 is 27.5 Å². The Kier molecular flexibility index (Phi) is 11.0.